The Balaban J connectivity index is 1.45. The molecule has 2 heterocycles. The Kier molecular flexibility index (Phi) is 5.52. The van der Waals surface area contributed by atoms with E-state index >= 15 is 0 Å². The number of carbonyl (C=O) groups excluding carboxylic acids is 1. The first kappa shape index (κ1) is 20.0. The van der Waals surface area contributed by atoms with Crippen molar-refractivity contribution in [3.05, 3.63) is 98.7 Å². The van der Waals surface area contributed by atoms with Gasteiger partial charge in [-0.05, 0) is 17.7 Å². The number of carbonyl (C=O) groups is 1. The van der Waals surface area contributed by atoms with Crippen molar-refractivity contribution in [1.82, 2.24) is 24.6 Å². The number of amides is 1. The molecule has 2 aromatic heterocycles. The molecule has 0 atom stereocenters. The van der Waals surface area contributed by atoms with E-state index in [1.54, 1.807) is 41.1 Å². The van der Waals surface area contributed by atoms with Crippen molar-refractivity contribution in [2.75, 3.05) is 6.54 Å². The third kappa shape index (κ3) is 4.32. The fourth-order valence-corrected chi connectivity index (χ4v) is 3.16. The summed E-state index contributed by atoms with van der Waals surface area (Å²) in [5, 5.41) is 18.2. The minimum Gasteiger partial charge on any atom is -0.350 e. The van der Waals surface area contributed by atoms with E-state index in [2.05, 4.69) is 15.4 Å². The largest absolute Gasteiger partial charge is 0.350 e. The van der Waals surface area contributed by atoms with Crippen molar-refractivity contribution in [1.29, 1.82) is 0 Å². The van der Waals surface area contributed by atoms with Crippen LogP contribution in [0.2, 0.25) is 0 Å². The molecule has 0 saturated heterocycles. The van der Waals surface area contributed by atoms with Crippen molar-refractivity contribution in [2.45, 2.75) is 13.1 Å². The molecule has 0 saturated carbocycles. The van der Waals surface area contributed by atoms with Gasteiger partial charge in [0.15, 0.2) is 5.65 Å². The highest BCUT2D eigenvalue weighted by Crippen LogP contribution is 2.13. The topological polar surface area (TPSA) is 125 Å². The average Bonchev–Trinajstić information content (AvgIpc) is 3.20. The molecule has 1 N–H and O–H groups in total. The van der Waals surface area contributed by atoms with E-state index < -0.39 is 4.92 Å². The third-order valence-corrected chi connectivity index (χ3v) is 4.77. The number of nitro benzene ring substituents is 1. The summed E-state index contributed by atoms with van der Waals surface area (Å²) in [6.07, 6.45) is 2.88. The number of nitro groups is 1. The zero-order valence-electron chi connectivity index (χ0n) is 16.3. The molecule has 0 aliphatic heterocycles. The highest BCUT2D eigenvalue weighted by atomic mass is 16.6. The molecule has 2 aromatic carbocycles. The van der Waals surface area contributed by atoms with E-state index in [-0.39, 0.29) is 23.7 Å². The number of aromatic nitrogens is 4. The molecule has 31 heavy (non-hydrogen) atoms. The van der Waals surface area contributed by atoms with Gasteiger partial charge in [-0.25, -0.2) is 9.67 Å². The van der Waals surface area contributed by atoms with Gasteiger partial charge in [0.1, 0.15) is 11.7 Å². The lowest BCUT2D eigenvalue weighted by Gasteiger charge is -2.07. The van der Waals surface area contributed by atoms with Crippen molar-refractivity contribution < 1.29 is 9.72 Å². The number of hydrogen-bond acceptors (Lipinski definition) is 6. The molecule has 4 rings (SSSR count). The summed E-state index contributed by atoms with van der Waals surface area (Å²) in [5.74, 6) is -0.185. The van der Waals surface area contributed by atoms with Gasteiger partial charge in [-0.3, -0.25) is 24.3 Å². The first-order valence-corrected chi connectivity index (χ1v) is 9.50. The first-order chi connectivity index (χ1) is 15.0. The lowest BCUT2D eigenvalue weighted by molar-refractivity contribution is -0.384. The molecule has 0 aliphatic carbocycles. The Hall–Kier alpha value is -4.34. The standard InChI is InChI=1S/C21H18N6O4/c28-20(16-4-2-1-3-5-16)22-10-11-26-19-18(12-24-26)21(29)25(14-23-19)13-15-6-8-17(9-7-15)27(30)31/h1-9,12,14H,10-11,13H2,(H,22,28). The van der Waals surface area contributed by atoms with Gasteiger partial charge < -0.3 is 5.32 Å². The van der Waals surface area contributed by atoms with Crippen LogP contribution in [0.4, 0.5) is 5.69 Å². The van der Waals surface area contributed by atoms with E-state index in [1.165, 1.54) is 29.2 Å². The zero-order valence-corrected chi connectivity index (χ0v) is 16.3. The van der Waals surface area contributed by atoms with Crippen LogP contribution in [0.5, 0.6) is 0 Å². The van der Waals surface area contributed by atoms with Crippen LogP contribution < -0.4 is 10.9 Å². The minimum atomic E-state index is -0.472. The Bertz CT molecular complexity index is 1300. The maximum absolute atomic E-state index is 12.8. The van der Waals surface area contributed by atoms with Gasteiger partial charge in [-0.15, -0.1) is 0 Å². The van der Waals surface area contributed by atoms with Gasteiger partial charge in [-0.2, -0.15) is 5.10 Å². The van der Waals surface area contributed by atoms with E-state index in [1.807, 2.05) is 6.07 Å². The molecule has 156 valence electrons. The molecule has 0 unspecified atom stereocenters. The fourth-order valence-electron chi connectivity index (χ4n) is 3.16. The normalized spacial score (nSPS) is 10.8. The number of benzene rings is 2. The Morgan fingerprint density at radius 2 is 1.84 bits per heavy atom. The monoisotopic (exact) mass is 418 g/mol. The molecular weight excluding hydrogens is 400 g/mol. The van der Waals surface area contributed by atoms with Crippen LogP contribution in [-0.4, -0.2) is 36.7 Å². The van der Waals surface area contributed by atoms with E-state index in [0.717, 1.165) is 5.56 Å². The molecule has 0 radical (unpaired) electrons. The van der Waals surface area contributed by atoms with Gasteiger partial charge in [0.2, 0.25) is 0 Å². The number of hydrogen-bond donors (Lipinski definition) is 1. The maximum Gasteiger partial charge on any atom is 0.269 e. The van der Waals surface area contributed by atoms with E-state index in [9.17, 15) is 19.7 Å². The summed E-state index contributed by atoms with van der Waals surface area (Å²) >= 11 is 0. The molecule has 10 nitrogen and oxygen atoms in total. The van der Waals surface area contributed by atoms with Crippen molar-refractivity contribution in [2.24, 2.45) is 0 Å². The van der Waals surface area contributed by atoms with Crippen molar-refractivity contribution in [3.63, 3.8) is 0 Å². The lowest BCUT2D eigenvalue weighted by atomic mass is 10.2. The van der Waals surface area contributed by atoms with E-state index in [0.29, 0.717) is 29.7 Å². The summed E-state index contributed by atoms with van der Waals surface area (Å²) in [4.78, 5) is 39.5. The summed E-state index contributed by atoms with van der Waals surface area (Å²) in [6, 6.07) is 14.9. The predicted molar refractivity (Wildman–Crippen MR) is 113 cm³/mol. The van der Waals surface area contributed by atoms with Crippen LogP contribution in [-0.2, 0) is 13.1 Å². The van der Waals surface area contributed by atoms with Gasteiger partial charge >= 0.3 is 0 Å². The van der Waals surface area contributed by atoms with Gasteiger partial charge in [-0.1, -0.05) is 30.3 Å². The smallest absolute Gasteiger partial charge is 0.269 e. The highest BCUT2D eigenvalue weighted by Gasteiger charge is 2.12. The molecule has 0 aliphatic rings. The quantitative estimate of drug-likeness (QED) is 0.361. The van der Waals surface area contributed by atoms with Crippen molar-refractivity contribution in [3.8, 4) is 0 Å². The maximum atomic E-state index is 12.8. The van der Waals surface area contributed by atoms with Gasteiger partial charge in [0, 0.05) is 24.2 Å². The van der Waals surface area contributed by atoms with Crippen LogP contribution in [0.25, 0.3) is 11.0 Å². The minimum absolute atomic E-state index is 0.00898. The average molecular weight is 418 g/mol. The van der Waals surface area contributed by atoms with Crippen molar-refractivity contribution >= 4 is 22.6 Å². The van der Waals surface area contributed by atoms with Crippen LogP contribution in [0, 0.1) is 10.1 Å². The Labute approximate surface area is 175 Å². The van der Waals surface area contributed by atoms with Crippen LogP contribution in [0.1, 0.15) is 15.9 Å². The number of rotatable bonds is 7. The highest BCUT2D eigenvalue weighted by molar-refractivity contribution is 5.94. The lowest BCUT2D eigenvalue weighted by Crippen LogP contribution is -2.27. The molecule has 0 bridgehead atoms. The fraction of sp³-hybridized carbons (Fsp3) is 0.143. The molecule has 10 heteroatoms. The van der Waals surface area contributed by atoms with E-state index in [4.69, 9.17) is 0 Å². The number of fused-ring (bicyclic) bond motifs is 1. The second-order valence-electron chi connectivity index (χ2n) is 6.83. The summed E-state index contributed by atoms with van der Waals surface area (Å²) in [5.41, 5.74) is 1.47. The van der Waals surface area contributed by atoms with Gasteiger partial charge in [0.05, 0.1) is 24.2 Å². The number of nitrogens with one attached hydrogen (secondary N) is 1. The molecular formula is C21H18N6O4. The molecule has 0 fully saturated rings. The third-order valence-electron chi connectivity index (χ3n) is 4.77. The summed E-state index contributed by atoms with van der Waals surface area (Å²) < 4.78 is 2.99. The van der Waals surface area contributed by atoms with Crippen LogP contribution in [0.15, 0.2) is 71.9 Å². The molecule has 1 amide bonds. The summed E-state index contributed by atoms with van der Waals surface area (Å²) in [7, 11) is 0. The zero-order chi connectivity index (χ0) is 21.8. The molecule has 0 spiro atoms. The first-order valence-electron chi connectivity index (χ1n) is 9.50. The number of nitrogens with zero attached hydrogens (tertiary/aromatic N) is 5. The summed E-state index contributed by atoms with van der Waals surface area (Å²) in [6.45, 7) is 0.928. The second kappa shape index (κ2) is 8.57. The Morgan fingerprint density at radius 3 is 2.55 bits per heavy atom. The second-order valence-corrected chi connectivity index (χ2v) is 6.83. The molecule has 4 aromatic rings. The SMILES string of the molecule is O=C(NCCn1ncc2c(=O)n(Cc3ccc([N+](=O)[O-])cc3)cnc21)c1ccccc1. The van der Waals surface area contributed by atoms with Gasteiger partial charge in [0.25, 0.3) is 17.2 Å². The predicted octanol–water partition coefficient (Wildman–Crippen LogP) is 1.98. The van der Waals surface area contributed by atoms with Crippen LogP contribution in [0.3, 0.4) is 0 Å². The Morgan fingerprint density at radius 1 is 1.10 bits per heavy atom. The van der Waals surface area contributed by atoms with Crippen LogP contribution >= 0.6 is 0 Å². The number of non-ortho nitro benzene ring substituents is 1.